The van der Waals surface area contributed by atoms with E-state index < -0.39 is 0 Å². The summed E-state index contributed by atoms with van der Waals surface area (Å²) in [6, 6.07) is 5.36. The van der Waals surface area contributed by atoms with Crippen molar-refractivity contribution < 1.29 is 19.0 Å². The molecule has 0 saturated carbocycles. The molecule has 0 aliphatic carbocycles. The highest BCUT2D eigenvalue weighted by Crippen LogP contribution is 2.32. The molecule has 0 radical (unpaired) electrons. The molecule has 0 bridgehead atoms. The Labute approximate surface area is 158 Å². The third-order valence-electron chi connectivity index (χ3n) is 4.68. The number of carbonyl (C=O) groups is 1. The average Bonchev–Trinajstić information content (AvgIpc) is 3.31. The number of methoxy groups -OCH3 is 2. The van der Waals surface area contributed by atoms with Crippen LogP contribution in [0.1, 0.15) is 11.5 Å². The zero-order chi connectivity index (χ0) is 19.2. The van der Waals surface area contributed by atoms with Gasteiger partial charge in [-0.1, -0.05) is 0 Å². The van der Waals surface area contributed by atoms with E-state index in [2.05, 4.69) is 15.7 Å². The highest BCUT2D eigenvalue weighted by atomic mass is 16.5. The molecule has 1 fully saturated rings. The van der Waals surface area contributed by atoms with E-state index in [1.807, 2.05) is 19.4 Å². The summed E-state index contributed by atoms with van der Waals surface area (Å²) in [4.78, 5) is 12.9. The lowest BCUT2D eigenvalue weighted by molar-refractivity contribution is -0.119. The van der Waals surface area contributed by atoms with Crippen molar-refractivity contribution in [3.63, 3.8) is 0 Å². The Morgan fingerprint density at radius 2 is 2.15 bits per heavy atom. The first-order valence-corrected chi connectivity index (χ1v) is 8.92. The minimum Gasteiger partial charge on any atom is -0.493 e. The number of nitrogens with zero attached hydrogens (tertiary/aromatic N) is 2. The van der Waals surface area contributed by atoms with Gasteiger partial charge in [0, 0.05) is 51.1 Å². The normalized spacial score (nSPS) is 19.1. The van der Waals surface area contributed by atoms with Crippen LogP contribution < -0.4 is 20.1 Å². The Morgan fingerprint density at radius 3 is 2.85 bits per heavy atom. The number of aromatic nitrogens is 2. The van der Waals surface area contributed by atoms with Crippen molar-refractivity contribution in [2.24, 2.45) is 13.0 Å². The summed E-state index contributed by atoms with van der Waals surface area (Å²) in [6.07, 6.45) is 3.79. The molecule has 2 atom stereocenters. The molecule has 0 spiro atoms. The number of carbonyl (C=O) groups excluding carboxylic acids is 1. The van der Waals surface area contributed by atoms with Crippen molar-refractivity contribution in [1.29, 1.82) is 0 Å². The molecular formula is C19H26N4O4. The lowest BCUT2D eigenvalue weighted by atomic mass is 9.90. The molecule has 8 heteroatoms. The summed E-state index contributed by atoms with van der Waals surface area (Å²) in [5, 5.41) is 10.5. The molecule has 1 aliphatic rings. The summed E-state index contributed by atoms with van der Waals surface area (Å²) in [6.45, 7) is 2.27. The molecule has 1 saturated heterocycles. The maximum atomic E-state index is 12.9. The van der Waals surface area contributed by atoms with Crippen LogP contribution in [-0.2, 0) is 16.6 Å². The zero-order valence-electron chi connectivity index (χ0n) is 15.9. The molecule has 27 heavy (non-hydrogen) atoms. The molecule has 2 heterocycles. The summed E-state index contributed by atoms with van der Waals surface area (Å²) in [5.41, 5.74) is 1.74. The second-order valence-corrected chi connectivity index (χ2v) is 6.51. The van der Waals surface area contributed by atoms with E-state index in [9.17, 15) is 4.79 Å². The van der Waals surface area contributed by atoms with Gasteiger partial charge in [-0.25, -0.2) is 0 Å². The van der Waals surface area contributed by atoms with Crippen LogP contribution in [0.15, 0.2) is 30.6 Å². The van der Waals surface area contributed by atoms with Crippen molar-refractivity contribution >= 4 is 11.6 Å². The van der Waals surface area contributed by atoms with Crippen LogP contribution in [0.25, 0.3) is 0 Å². The molecule has 8 nitrogen and oxygen atoms in total. The van der Waals surface area contributed by atoms with Crippen molar-refractivity contribution in [3.05, 3.63) is 36.2 Å². The number of nitrogens with one attached hydrogen (secondary N) is 2. The number of ether oxygens (including phenoxy) is 3. The molecule has 2 aromatic rings. The Balaban J connectivity index is 1.70. The summed E-state index contributed by atoms with van der Waals surface area (Å²) in [5.74, 6) is 1.10. The molecule has 1 aromatic carbocycles. The van der Waals surface area contributed by atoms with Crippen LogP contribution in [0.5, 0.6) is 11.5 Å². The van der Waals surface area contributed by atoms with E-state index in [4.69, 9.17) is 14.2 Å². The van der Waals surface area contributed by atoms with Crippen LogP contribution in [0, 0.1) is 5.92 Å². The minimum absolute atomic E-state index is 0.0261. The summed E-state index contributed by atoms with van der Waals surface area (Å²) < 4.78 is 17.8. The number of anilines is 1. The molecule has 146 valence electrons. The maximum absolute atomic E-state index is 12.9. The van der Waals surface area contributed by atoms with Gasteiger partial charge in [0.2, 0.25) is 5.91 Å². The fourth-order valence-corrected chi connectivity index (χ4v) is 3.27. The van der Waals surface area contributed by atoms with Gasteiger partial charge in [0.1, 0.15) is 6.61 Å². The first-order chi connectivity index (χ1) is 13.1. The van der Waals surface area contributed by atoms with E-state index in [-0.39, 0.29) is 17.7 Å². The molecule has 1 amide bonds. The first-order valence-electron chi connectivity index (χ1n) is 8.92. The van der Waals surface area contributed by atoms with Crippen molar-refractivity contribution in [2.45, 2.75) is 5.92 Å². The molecule has 0 unspecified atom stereocenters. The maximum Gasteiger partial charge on any atom is 0.229 e. The quantitative estimate of drug-likeness (QED) is 0.679. The predicted octanol–water partition coefficient (Wildman–Crippen LogP) is 1.40. The number of amides is 1. The molecular weight excluding hydrogens is 348 g/mol. The van der Waals surface area contributed by atoms with Gasteiger partial charge in [-0.05, 0) is 17.7 Å². The van der Waals surface area contributed by atoms with Gasteiger partial charge in [0.15, 0.2) is 11.5 Å². The van der Waals surface area contributed by atoms with Crippen LogP contribution >= 0.6 is 0 Å². The van der Waals surface area contributed by atoms with E-state index in [0.29, 0.717) is 36.9 Å². The molecule has 1 aromatic heterocycles. The van der Waals surface area contributed by atoms with E-state index >= 15 is 0 Å². The van der Waals surface area contributed by atoms with E-state index in [0.717, 1.165) is 12.1 Å². The number of rotatable bonds is 8. The van der Waals surface area contributed by atoms with Crippen LogP contribution in [0.2, 0.25) is 0 Å². The highest BCUT2D eigenvalue weighted by Gasteiger charge is 2.34. The fraction of sp³-hybridized carbons (Fsp3) is 0.474. The monoisotopic (exact) mass is 374 g/mol. The van der Waals surface area contributed by atoms with Crippen molar-refractivity contribution in [3.8, 4) is 11.5 Å². The average molecular weight is 374 g/mol. The van der Waals surface area contributed by atoms with Gasteiger partial charge in [-0.15, -0.1) is 0 Å². The lowest BCUT2D eigenvalue weighted by Crippen LogP contribution is -2.28. The van der Waals surface area contributed by atoms with Gasteiger partial charge >= 0.3 is 0 Å². The van der Waals surface area contributed by atoms with Crippen LogP contribution in [0.3, 0.4) is 0 Å². The Morgan fingerprint density at radius 1 is 1.30 bits per heavy atom. The van der Waals surface area contributed by atoms with Crippen molar-refractivity contribution in [2.75, 3.05) is 45.8 Å². The van der Waals surface area contributed by atoms with Gasteiger partial charge < -0.3 is 24.8 Å². The van der Waals surface area contributed by atoms with Crippen molar-refractivity contribution in [1.82, 2.24) is 15.1 Å². The smallest absolute Gasteiger partial charge is 0.229 e. The molecule has 2 N–H and O–H groups in total. The van der Waals surface area contributed by atoms with Crippen LogP contribution in [-0.4, -0.2) is 56.2 Å². The second kappa shape index (κ2) is 8.88. The van der Waals surface area contributed by atoms with E-state index in [1.54, 1.807) is 37.1 Å². The lowest BCUT2D eigenvalue weighted by Gasteiger charge is -2.18. The summed E-state index contributed by atoms with van der Waals surface area (Å²) in [7, 11) is 5.08. The third kappa shape index (κ3) is 4.58. The predicted molar refractivity (Wildman–Crippen MR) is 101 cm³/mol. The fourth-order valence-electron chi connectivity index (χ4n) is 3.27. The van der Waals surface area contributed by atoms with Gasteiger partial charge in [-0.2, -0.15) is 5.10 Å². The Hall–Kier alpha value is -2.58. The third-order valence-corrected chi connectivity index (χ3v) is 4.68. The first kappa shape index (κ1) is 19.2. The largest absolute Gasteiger partial charge is 0.493 e. The highest BCUT2D eigenvalue weighted by molar-refractivity contribution is 5.94. The standard InChI is InChI=1S/C19H26N4O4/c1-23-12-13(9-21-23)15-10-20-11-16(15)19(24)22-14-4-5-17(26-3)18(8-14)27-7-6-25-2/h4-5,8-9,12,15-16,20H,6-7,10-11H2,1-3H3,(H,22,24)/t15-,16+/m1/s1. The Kier molecular flexibility index (Phi) is 6.31. The van der Waals surface area contributed by atoms with Gasteiger partial charge in [-0.3, -0.25) is 9.48 Å². The number of benzene rings is 1. The number of hydrogen-bond acceptors (Lipinski definition) is 6. The second-order valence-electron chi connectivity index (χ2n) is 6.51. The zero-order valence-corrected chi connectivity index (χ0v) is 15.9. The number of aryl methyl sites for hydroxylation is 1. The van der Waals surface area contributed by atoms with Crippen LogP contribution in [0.4, 0.5) is 5.69 Å². The molecule has 1 aliphatic heterocycles. The number of hydrogen-bond donors (Lipinski definition) is 2. The van der Waals surface area contributed by atoms with Gasteiger partial charge in [0.25, 0.3) is 0 Å². The van der Waals surface area contributed by atoms with E-state index in [1.165, 1.54) is 0 Å². The van der Waals surface area contributed by atoms with Gasteiger partial charge in [0.05, 0.1) is 25.8 Å². The Bertz CT molecular complexity index is 777. The molecule has 3 rings (SSSR count). The summed E-state index contributed by atoms with van der Waals surface area (Å²) >= 11 is 0. The topological polar surface area (TPSA) is 86.6 Å². The SMILES string of the molecule is COCCOc1cc(NC(=O)[C@H]2CNC[C@@H]2c2cnn(C)c2)ccc1OC. The minimum atomic E-state index is -0.158.